The molecule has 8 heteroatoms. The quantitative estimate of drug-likeness (QED) is 0.849. The lowest BCUT2D eigenvalue weighted by Crippen LogP contribution is -2.33. The summed E-state index contributed by atoms with van der Waals surface area (Å²) in [5, 5.41) is 0. The maximum Gasteiger partial charge on any atom is 0.262 e. The Hall–Kier alpha value is -2.74. The molecule has 0 unspecified atom stereocenters. The molecule has 0 bridgehead atoms. The van der Waals surface area contributed by atoms with Crippen LogP contribution in [0, 0.1) is 0 Å². The van der Waals surface area contributed by atoms with Crippen LogP contribution in [0.4, 0.5) is 11.4 Å². The van der Waals surface area contributed by atoms with Gasteiger partial charge >= 0.3 is 0 Å². The third-order valence-corrected chi connectivity index (χ3v) is 5.93. The fourth-order valence-corrected chi connectivity index (χ4v) is 4.46. The van der Waals surface area contributed by atoms with Gasteiger partial charge in [0.15, 0.2) is 0 Å². The molecule has 1 amide bonds. The third kappa shape index (κ3) is 3.57. The predicted octanol–water partition coefficient (Wildman–Crippen LogP) is 2.80. The van der Waals surface area contributed by atoms with Gasteiger partial charge in [-0.25, -0.2) is 8.42 Å². The van der Waals surface area contributed by atoms with E-state index in [2.05, 4.69) is 4.72 Å². The lowest BCUT2D eigenvalue weighted by Gasteiger charge is -2.20. The lowest BCUT2D eigenvalue weighted by molar-refractivity contribution is -0.116. The van der Waals surface area contributed by atoms with E-state index in [1.54, 1.807) is 35.2 Å². The van der Waals surface area contributed by atoms with Gasteiger partial charge in [0.2, 0.25) is 5.91 Å². The van der Waals surface area contributed by atoms with E-state index >= 15 is 0 Å². The number of rotatable bonds is 5. The molecule has 0 aromatic heterocycles. The van der Waals surface area contributed by atoms with Crippen molar-refractivity contribution in [1.29, 1.82) is 0 Å². The number of anilines is 2. The number of hydrogen-bond donors (Lipinski definition) is 1. The summed E-state index contributed by atoms with van der Waals surface area (Å²) in [4.78, 5) is 13.7. The number of fused-ring (bicyclic) bond motifs is 1. The van der Waals surface area contributed by atoms with E-state index < -0.39 is 10.0 Å². The minimum atomic E-state index is -3.82. The zero-order valence-corrected chi connectivity index (χ0v) is 16.5. The molecule has 2 aromatic carbocycles. The van der Waals surface area contributed by atoms with Crippen LogP contribution in [-0.4, -0.2) is 34.6 Å². The first-order chi connectivity index (χ1) is 12.8. The van der Waals surface area contributed by atoms with Gasteiger partial charge in [0.1, 0.15) is 11.5 Å². The van der Waals surface area contributed by atoms with Crippen molar-refractivity contribution in [3.63, 3.8) is 0 Å². The Morgan fingerprint density at radius 1 is 1.15 bits per heavy atom. The second-order valence-corrected chi connectivity index (χ2v) is 8.09. The van der Waals surface area contributed by atoms with E-state index in [1.165, 1.54) is 27.2 Å². The zero-order valence-electron chi connectivity index (χ0n) is 15.6. The number of hydrogen-bond acceptors (Lipinski definition) is 5. The van der Waals surface area contributed by atoms with Gasteiger partial charge in [0.05, 0.1) is 24.8 Å². The summed E-state index contributed by atoms with van der Waals surface area (Å²) in [5.74, 6) is 0.860. The maximum absolute atomic E-state index is 12.8. The number of sulfonamides is 1. The molecule has 144 valence electrons. The molecule has 1 heterocycles. The largest absolute Gasteiger partial charge is 0.497 e. The molecule has 7 nitrogen and oxygen atoms in total. The molecule has 27 heavy (non-hydrogen) atoms. The van der Waals surface area contributed by atoms with Crippen LogP contribution < -0.4 is 19.1 Å². The average Bonchev–Trinajstić information content (AvgIpc) is 2.96. The summed E-state index contributed by atoms with van der Waals surface area (Å²) in [6.07, 6.45) is 0.615. The van der Waals surface area contributed by atoms with Crippen LogP contribution >= 0.6 is 0 Å². The first-order valence-electron chi connectivity index (χ1n) is 8.44. The van der Waals surface area contributed by atoms with Crippen molar-refractivity contribution >= 4 is 27.3 Å². The fourth-order valence-electron chi connectivity index (χ4n) is 3.34. The first kappa shape index (κ1) is 19.0. The van der Waals surface area contributed by atoms with Gasteiger partial charge in [0.25, 0.3) is 10.0 Å². The molecule has 0 aliphatic carbocycles. The third-order valence-electron chi connectivity index (χ3n) is 4.57. The molecule has 3 rings (SSSR count). The van der Waals surface area contributed by atoms with Gasteiger partial charge in [-0.05, 0) is 49.2 Å². The summed E-state index contributed by atoms with van der Waals surface area (Å²) in [6, 6.07) is 9.65. The highest BCUT2D eigenvalue weighted by Crippen LogP contribution is 2.35. The molecule has 0 saturated heterocycles. The highest BCUT2D eigenvalue weighted by atomic mass is 32.2. The molecular weight excluding hydrogens is 368 g/mol. The fraction of sp³-hybridized carbons (Fsp3) is 0.316. The molecule has 0 saturated carbocycles. The first-order valence-corrected chi connectivity index (χ1v) is 9.92. The zero-order chi connectivity index (χ0) is 19.8. The van der Waals surface area contributed by atoms with Crippen molar-refractivity contribution in [3.05, 3.63) is 42.0 Å². The van der Waals surface area contributed by atoms with E-state index in [-0.39, 0.29) is 16.8 Å². The van der Waals surface area contributed by atoms with E-state index in [1.807, 2.05) is 6.92 Å². The molecule has 1 N–H and O–H groups in total. The predicted molar refractivity (Wildman–Crippen MR) is 103 cm³/mol. The van der Waals surface area contributed by atoms with Gasteiger partial charge in [-0.15, -0.1) is 0 Å². The number of carbonyl (C=O) groups is 1. The number of amides is 1. The SMILES string of the molecule is COc1ccc(NS(=O)(=O)c2ccc3c(c2)C[C@@H](C)N3C(C)=O)c(OC)c1. The van der Waals surface area contributed by atoms with Crippen molar-refractivity contribution in [3.8, 4) is 11.5 Å². The Morgan fingerprint density at radius 2 is 1.89 bits per heavy atom. The number of nitrogens with one attached hydrogen (secondary N) is 1. The second kappa shape index (κ2) is 7.11. The standard InChI is InChI=1S/C19H22N2O5S/c1-12-9-14-10-16(6-8-18(14)21(12)13(2)22)27(23,24)20-17-7-5-15(25-3)11-19(17)26-4/h5-8,10-12,20H,9H2,1-4H3/t12-/m1/s1. The molecule has 1 atom stereocenters. The molecule has 0 fully saturated rings. The van der Waals surface area contributed by atoms with Gasteiger partial charge in [-0.2, -0.15) is 0 Å². The molecule has 0 spiro atoms. The Balaban J connectivity index is 1.93. The summed E-state index contributed by atoms with van der Waals surface area (Å²) >= 11 is 0. The topological polar surface area (TPSA) is 84.9 Å². The van der Waals surface area contributed by atoms with E-state index in [0.717, 1.165) is 11.3 Å². The summed E-state index contributed by atoms with van der Waals surface area (Å²) < 4.78 is 38.6. The van der Waals surface area contributed by atoms with Crippen molar-refractivity contribution in [2.24, 2.45) is 0 Å². The minimum absolute atomic E-state index is 0.00472. The molecule has 0 radical (unpaired) electrons. The van der Waals surface area contributed by atoms with Crippen LogP contribution in [0.15, 0.2) is 41.3 Å². The second-order valence-electron chi connectivity index (χ2n) is 6.40. The van der Waals surface area contributed by atoms with Crippen LogP contribution in [-0.2, 0) is 21.2 Å². The number of ether oxygens (including phenoxy) is 2. The van der Waals surface area contributed by atoms with Gasteiger partial charge in [0, 0.05) is 24.7 Å². The average molecular weight is 390 g/mol. The van der Waals surface area contributed by atoms with E-state index in [9.17, 15) is 13.2 Å². The Labute approximate surface area is 158 Å². The van der Waals surface area contributed by atoms with Gasteiger partial charge in [-0.3, -0.25) is 9.52 Å². The number of nitrogens with zero attached hydrogens (tertiary/aromatic N) is 1. The summed E-state index contributed by atoms with van der Waals surface area (Å²) in [6.45, 7) is 3.45. The molecule has 2 aromatic rings. The van der Waals surface area contributed by atoms with Crippen molar-refractivity contribution < 1.29 is 22.7 Å². The van der Waals surface area contributed by atoms with E-state index in [4.69, 9.17) is 9.47 Å². The molecular formula is C19H22N2O5S. The van der Waals surface area contributed by atoms with Crippen LogP contribution in [0.25, 0.3) is 0 Å². The Morgan fingerprint density at radius 3 is 2.52 bits per heavy atom. The minimum Gasteiger partial charge on any atom is -0.497 e. The molecule has 1 aliphatic heterocycles. The van der Waals surface area contributed by atoms with Crippen molar-refractivity contribution in [2.45, 2.75) is 31.2 Å². The van der Waals surface area contributed by atoms with Gasteiger partial charge in [-0.1, -0.05) is 0 Å². The number of benzene rings is 2. The van der Waals surface area contributed by atoms with Gasteiger partial charge < -0.3 is 14.4 Å². The number of methoxy groups -OCH3 is 2. The summed E-state index contributed by atoms with van der Waals surface area (Å²) in [7, 11) is -0.836. The monoisotopic (exact) mass is 390 g/mol. The van der Waals surface area contributed by atoms with Crippen LogP contribution in [0.5, 0.6) is 11.5 Å². The number of carbonyl (C=O) groups excluding carboxylic acids is 1. The lowest BCUT2D eigenvalue weighted by atomic mass is 10.1. The molecule has 1 aliphatic rings. The smallest absolute Gasteiger partial charge is 0.262 e. The van der Waals surface area contributed by atoms with Crippen LogP contribution in [0.3, 0.4) is 0 Å². The van der Waals surface area contributed by atoms with Crippen LogP contribution in [0.1, 0.15) is 19.4 Å². The normalized spacial score (nSPS) is 16.0. The highest BCUT2D eigenvalue weighted by Gasteiger charge is 2.30. The van der Waals surface area contributed by atoms with Crippen molar-refractivity contribution in [2.75, 3.05) is 23.8 Å². The Bertz CT molecular complexity index is 988. The van der Waals surface area contributed by atoms with Crippen LogP contribution in [0.2, 0.25) is 0 Å². The van der Waals surface area contributed by atoms with E-state index in [0.29, 0.717) is 23.6 Å². The summed E-state index contributed by atoms with van der Waals surface area (Å²) in [5.41, 5.74) is 1.91. The highest BCUT2D eigenvalue weighted by molar-refractivity contribution is 7.92. The Kier molecular flexibility index (Phi) is 5.01. The maximum atomic E-state index is 12.8. The van der Waals surface area contributed by atoms with Crippen molar-refractivity contribution in [1.82, 2.24) is 0 Å².